The first kappa shape index (κ1) is 15.6. The van der Waals surface area contributed by atoms with Crippen LogP contribution in [0.15, 0.2) is 24.3 Å². The Balaban J connectivity index is 3.04. The molecular formula is C15H22FNO2. The highest BCUT2D eigenvalue weighted by atomic mass is 19.1. The fourth-order valence-corrected chi connectivity index (χ4v) is 2.34. The van der Waals surface area contributed by atoms with E-state index < -0.39 is 5.97 Å². The van der Waals surface area contributed by atoms with Crippen molar-refractivity contribution in [2.75, 3.05) is 6.54 Å². The van der Waals surface area contributed by atoms with E-state index in [2.05, 4.69) is 0 Å². The highest BCUT2D eigenvalue weighted by Crippen LogP contribution is 2.27. The summed E-state index contributed by atoms with van der Waals surface area (Å²) >= 11 is 0. The average molecular weight is 267 g/mol. The van der Waals surface area contributed by atoms with Crippen LogP contribution in [0.25, 0.3) is 0 Å². The van der Waals surface area contributed by atoms with Crippen LogP contribution < -0.4 is 0 Å². The summed E-state index contributed by atoms with van der Waals surface area (Å²) in [6, 6.07) is 6.50. The number of rotatable bonds is 7. The first-order valence-electron chi connectivity index (χ1n) is 6.72. The quantitative estimate of drug-likeness (QED) is 0.822. The van der Waals surface area contributed by atoms with E-state index in [1.807, 2.05) is 31.7 Å². The largest absolute Gasteiger partial charge is 0.480 e. The van der Waals surface area contributed by atoms with Crippen LogP contribution >= 0.6 is 0 Å². The molecule has 3 nitrogen and oxygen atoms in total. The van der Waals surface area contributed by atoms with Gasteiger partial charge in [0.25, 0.3) is 0 Å². The Hall–Kier alpha value is -1.42. The van der Waals surface area contributed by atoms with Gasteiger partial charge in [0.05, 0.1) is 6.54 Å². The molecule has 0 spiro atoms. The second-order valence-electron chi connectivity index (χ2n) is 4.80. The Morgan fingerprint density at radius 1 is 1.37 bits per heavy atom. The van der Waals surface area contributed by atoms with Gasteiger partial charge in [-0.15, -0.1) is 0 Å². The molecule has 1 aromatic carbocycles. The molecule has 1 rings (SSSR count). The van der Waals surface area contributed by atoms with Gasteiger partial charge in [-0.2, -0.15) is 0 Å². The normalized spacial score (nSPS) is 14.4. The predicted molar refractivity (Wildman–Crippen MR) is 73.5 cm³/mol. The smallest absolute Gasteiger partial charge is 0.317 e. The zero-order valence-electron chi connectivity index (χ0n) is 11.8. The SMILES string of the molecule is CCC(C)N(CC(=O)O)C(CC)c1cccc(F)c1. The highest BCUT2D eigenvalue weighted by molar-refractivity contribution is 5.69. The maximum Gasteiger partial charge on any atom is 0.317 e. The van der Waals surface area contributed by atoms with Crippen LogP contribution in [0, 0.1) is 5.82 Å². The molecule has 0 fully saturated rings. The topological polar surface area (TPSA) is 40.5 Å². The van der Waals surface area contributed by atoms with Crippen LogP contribution in [0.4, 0.5) is 4.39 Å². The van der Waals surface area contributed by atoms with Gasteiger partial charge in [-0.3, -0.25) is 9.69 Å². The van der Waals surface area contributed by atoms with Crippen LogP contribution in [0.2, 0.25) is 0 Å². The number of aliphatic carboxylic acids is 1. The summed E-state index contributed by atoms with van der Waals surface area (Å²) < 4.78 is 13.3. The maximum absolute atomic E-state index is 13.3. The van der Waals surface area contributed by atoms with Crippen molar-refractivity contribution < 1.29 is 14.3 Å². The molecule has 0 heterocycles. The van der Waals surface area contributed by atoms with E-state index in [9.17, 15) is 9.18 Å². The summed E-state index contributed by atoms with van der Waals surface area (Å²) in [6.07, 6.45) is 1.61. The maximum atomic E-state index is 13.3. The van der Waals surface area contributed by atoms with E-state index in [4.69, 9.17) is 5.11 Å². The minimum absolute atomic E-state index is 0.0238. The van der Waals surface area contributed by atoms with Gasteiger partial charge in [0, 0.05) is 12.1 Å². The van der Waals surface area contributed by atoms with Crippen LogP contribution in [0.5, 0.6) is 0 Å². The van der Waals surface area contributed by atoms with Crippen molar-refractivity contribution in [1.29, 1.82) is 0 Å². The molecule has 19 heavy (non-hydrogen) atoms. The van der Waals surface area contributed by atoms with Crippen molar-refractivity contribution in [1.82, 2.24) is 4.90 Å². The molecule has 0 aliphatic carbocycles. The summed E-state index contributed by atoms with van der Waals surface area (Å²) in [7, 11) is 0. The molecule has 4 heteroatoms. The number of benzene rings is 1. The third-order valence-corrected chi connectivity index (χ3v) is 3.50. The van der Waals surface area contributed by atoms with Gasteiger partial charge in [-0.05, 0) is 37.5 Å². The minimum Gasteiger partial charge on any atom is -0.480 e. The van der Waals surface area contributed by atoms with Crippen molar-refractivity contribution >= 4 is 5.97 Å². The Morgan fingerprint density at radius 3 is 2.53 bits per heavy atom. The monoisotopic (exact) mass is 267 g/mol. The number of hydrogen-bond acceptors (Lipinski definition) is 2. The van der Waals surface area contributed by atoms with E-state index in [0.29, 0.717) is 0 Å². The summed E-state index contributed by atoms with van der Waals surface area (Å²) in [5.74, 6) is -1.13. The van der Waals surface area contributed by atoms with Crippen molar-refractivity contribution in [3.05, 3.63) is 35.6 Å². The zero-order chi connectivity index (χ0) is 14.4. The molecule has 0 saturated carbocycles. The lowest BCUT2D eigenvalue weighted by Crippen LogP contribution is -2.39. The van der Waals surface area contributed by atoms with Crippen molar-refractivity contribution in [3.63, 3.8) is 0 Å². The average Bonchev–Trinajstić information content (AvgIpc) is 2.37. The van der Waals surface area contributed by atoms with Crippen molar-refractivity contribution in [2.24, 2.45) is 0 Å². The van der Waals surface area contributed by atoms with Crippen LogP contribution in [0.1, 0.15) is 45.2 Å². The van der Waals surface area contributed by atoms with Gasteiger partial charge in [-0.25, -0.2) is 4.39 Å². The molecule has 106 valence electrons. The Kier molecular flexibility index (Phi) is 5.96. The summed E-state index contributed by atoms with van der Waals surface area (Å²) in [6.45, 7) is 6.00. The number of carboxylic acid groups (broad SMARTS) is 1. The second-order valence-corrected chi connectivity index (χ2v) is 4.80. The molecule has 2 unspecified atom stereocenters. The number of halogens is 1. The van der Waals surface area contributed by atoms with E-state index in [0.717, 1.165) is 18.4 Å². The fourth-order valence-electron chi connectivity index (χ4n) is 2.34. The predicted octanol–water partition coefficient (Wildman–Crippen LogP) is 3.46. The molecule has 0 saturated heterocycles. The number of nitrogens with zero attached hydrogens (tertiary/aromatic N) is 1. The molecule has 0 radical (unpaired) electrons. The Labute approximate surface area is 114 Å². The van der Waals surface area contributed by atoms with Gasteiger partial charge < -0.3 is 5.11 Å². The third kappa shape index (κ3) is 4.31. The second kappa shape index (κ2) is 7.24. The molecular weight excluding hydrogens is 245 g/mol. The lowest BCUT2D eigenvalue weighted by molar-refractivity contribution is -0.139. The summed E-state index contributed by atoms with van der Waals surface area (Å²) in [5, 5.41) is 9.06. The van der Waals surface area contributed by atoms with Crippen LogP contribution in [-0.2, 0) is 4.79 Å². The molecule has 0 amide bonds. The van der Waals surface area contributed by atoms with E-state index >= 15 is 0 Å². The molecule has 1 aromatic rings. The molecule has 0 aliphatic heterocycles. The summed E-state index contributed by atoms with van der Waals surface area (Å²) in [4.78, 5) is 13.0. The molecule has 2 atom stereocenters. The van der Waals surface area contributed by atoms with Crippen molar-refractivity contribution in [2.45, 2.75) is 45.7 Å². The molecule has 1 N–H and O–H groups in total. The lowest BCUT2D eigenvalue weighted by atomic mass is 10.00. The fraction of sp³-hybridized carbons (Fsp3) is 0.533. The third-order valence-electron chi connectivity index (χ3n) is 3.50. The van der Waals surface area contributed by atoms with Gasteiger partial charge in [-0.1, -0.05) is 26.0 Å². The zero-order valence-corrected chi connectivity index (χ0v) is 11.8. The standard InChI is InChI=1S/C15H22FNO2/c1-4-11(3)17(10-15(18)19)14(5-2)12-7-6-8-13(16)9-12/h6-9,11,14H,4-5,10H2,1-3H3,(H,18,19). The van der Waals surface area contributed by atoms with Gasteiger partial charge in [0.2, 0.25) is 0 Å². The Bertz CT molecular complexity index is 422. The van der Waals surface area contributed by atoms with Crippen LogP contribution in [0.3, 0.4) is 0 Å². The first-order valence-corrected chi connectivity index (χ1v) is 6.72. The van der Waals surface area contributed by atoms with Crippen molar-refractivity contribution in [3.8, 4) is 0 Å². The van der Waals surface area contributed by atoms with Gasteiger partial charge >= 0.3 is 5.97 Å². The molecule has 0 aliphatic rings. The summed E-state index contributed by atoms with van der Waals surface area (Å²) in [5.41, 5.74) is 0.837. The first-order chi connectivity index (χ1) is 8.99. The Morgan fingerprint density at radius 2 is 2.05 bits per heavy atom. The highest BCUT2D eigenvalue weighted by Gasteiger charge is 2.25. The van der Waals surface area contributed by atoms with E-state index in [-0.39, 0.29) is 24.4 Å². The number of carboxylic acids is 1. The lowest BCUT2D eigenvalue weighted by Gasteiger charge is -2.34. The van der Waals surface area contributed by atoms with E-state index in [1.54, 1.807) is 6.07 Å². The number of carbonyl (C=O) groups is 1. The van der Waals surface area contributed by atoms with Gasteiger partial charge in [0.1, 0.15) is 5.82 Å². The minimum atomic E-state index is -0.852. The van der Waals surface area contributed by atoms with Gasteiger partial charge in [0.15, 0.2) is 0 Å². The molecule has 0 aromatic heterocycles. The van der Waals surface area contributed by atoms with Crippen LogP contribution in [-0.4, -0.2) is 28.6 Å². The number of hydrogen-bond donors (Lipinski definition) is 1. The molecule has 0 bridgehead atoms. The van der Waals surface area contributed by atoms with E-state index in [1.165, 1.54) is 12.1 Å².